The van der Waals surface area contributed by atoms with Crippen LogP contribution in [0.2, 0.25) is 0 Å². The molecular weight excluding hydrogens is 459 g/mol. The van der Waals surface area contributed by atoms with Crippen LogP contribution in [0.5, 0.6) is 11.5 Å². The van der Waals surface area contributed by atoms with E-state index in [1.54, 1.807) is 16.7 Å². The molecule has 0 spiro atoms. The minimum Gasteiger partial charge on any atom is -0.395 e. The van der Waals surface area contributed by atoms with Crippen LogP contribution in [0.4, 0.5) is 18.9 Å². The lowest BCUT2D eigenvalue weighted by Gasteiger charge is -2.20. The fourth-order valence-corrected chi connectivity index (χ4v) is 3.82. The lowest BCUT2D eigenvalue weighted by atomic mass is 10.2. The third-order valence-electron chi connectivity index (χ3n) is 4.91. The van der Waals surface area contributed by atoms with E-state index in [1.807, 2.05) is 25.9 Å². The first kappa shape index (κ1) is 22.9. The van der Waals surface area contributed by atoms with Gasteiger partial charge in [-0.3, -0.25) is 14.3 Å². The topological polar surface area (TPSA) is 81.5 Å². The Morgan fingerprint density at radius 2 is 1.85 bits per heavy atom. The van der Waals surface area contributed by atoms with Gasteiger partial charge in [0.2, 0.25) is 5.91 Å². The number of amides is 1. The molecule has 1 amide bonds. The zero-order chi connectivity index (χ0) is 23.8. The minimum atomic E-state index is -3.73. The van der Waals surface area contributed by atoms with E-state index in [0.29, 0.717) is 16.7 Å². The third kappa shape index (κ3) is 5.06. The van der Waals surface area contributed by atoms with Gasteiger partial charge in [-0.15, -0.1) is 19.0 Å². The van der Waals surface area contributed by atoms with Gasteiger partial charge in [-0.2, -0.15) is 0 Å². The van der Waals surface area contributed by atoms with Gasteiger partial charge in [-0.05, 0) is 57.4 Å². The van der Waals surface area contributed by atoms with Gasteiger partial charge in [0, 0.05) is 17.4 Å². The molecule has 3 aromatic rings. The van der Waals surface area contributed by atoms with Crippen molar-refractivity contribution in [3.05, 3.63) is 54.1 Å². The van der Waals surface area contributed by atoms with E-state index in [1.165, 1.54) is 30.3 Å². The summed E-state index contributed by atoms with van der Waals surface area (Å²) >= 11 is 1.14. The number of aromatic nitrogens is 3. The Kier molecular flexibility index (Phi) is 6.21. The predicted octanol–water partition coefficient (Wildman–Crippen LogP) is 4.08. The number of halogens is 3. The highest BCUT2D eigenvalue weighted by Crippen LogP contribution is 2.42. The molecule has 0 radical (unpaired) electrons. The SMILES string of the molecule is CC(c1nnc(SCC(=O)Nc2ccc3c(c2)OC(F)(F)O3)n1-c1ccc(F)cc1)N(C)C. The van der Waals surface area contributed by atoms with Crippen LogP contribution in [-0.2, 0) is 4.79 Å². The maximum atomic E-state index is 13.4. The summed E-state index contributed by atoms with van der Waals surface area (Å²) in [5, 5.41) is 11.6. The molecule has 1 unspecified atom stereocenters. The number of ether oxygens (including phenoxy) is 2. The van der Waals surface area contributed by atoms with E-state index < -0.39 is 6.29 Å². The molecule has 0 aliphatic carbocycles. The molecule has 174 valence electrons. The van der Waals surface area contributed by atoms with E-state index in [0.717, 1.165) is 11.8 Å². The number of anilines is 1. The Hall–Kier alpha value is -3.25. The number of carbonyl (C=O) groups excluding carboxylic acids is 1. The number of rotatable bonds is 7. The summed E-state index contributed by atoms with van der Waals surface area (Å²) in [7, 11) is 3.80. The molecule has 2 heterocycles. The summed E-state index contributed by atoms with van der Waals surface area (Å²) in [4.78, 5) is 14.4. The number of nitrogens with zero attached hydrogens (tertiary/aromatic N) is 4. The average molecular weight is 479 g/mol. The summed E-state index contributed by atoms with van der Waals surface area (Å²) in [6, 6.07) is 9.78. The van der Waals surface area contributed by atoms with Gasteiger partial charge >= 0.3 is 6.29 Å². The highest BCUT2D eigenvalue weighted by atomic mass is 32.2. The fourth-order valence-electron chi connectivity index (χ4n) is 3.06. The summed E-state index contributed by atoms with van der Waals surface area (Å²) in [6.07, 6.45) is -3.73. The Labute approximate surface area is 191 Å². The first-order chi connectivity index (χ1) is 15.6. The zero-order valence-electron chi connectivity index (χ0n) is 17.9. The number of alkyl halides is 2. The second-order valence-corrected chi connectivity index (χ2v) is 8.40. The second kappa shape index (κ2) is 8.94. The van der Waals surface area contributed by atoms with Crippen molar-refractivity contribution in [2.45, 2.75) is 24.4 Å². The minimum absolute atomic E-state index is 0.0275. The first-order valence-electron chi connectivity index (χ1n) is 9.83. The molecule has 1 N–H and O–H groups in total. The van der Waals surface area contributed by atoms with E-state index >= 15 is 0 Å². The van der Waals surface area contributed by atoms with Crippen molar-refractivity contribution in [3.63, 3.8) is 0 Å². The Bertz CT molecular complexity index is 1170. The van der Waals surface area contributed by atoms with Crippen LogP contribution in [0.25, 0.3) is 5.69 Å². The zero-order valence-corrected chi connectivity index (χ0v) is 18.7. The number of hydrogen-bond acceptors (Lipinski definition) is 7. The van der Waals surface area contributed by atoms with Crippen molar-refractivity contribution < 1.29 is 27.4 Å². The molecular formula is C21H20F3N5O3S. The number of thioether (sulfide) groups is 1. The van der Waals surface area contributed by atoms with E-state index in [9.17, 15) is 18.0 Å². The number of hydrogen-bond donors (Lipinski definition) is 1. The van der Waals surface area contributed by atoms with Gasteiger partial charge in [-0.25, -0.2) is 4.39 Å². The molecule has 0 fully saturated rings. The van der Waals surface area contributed by atoms with Crippen LogP contribution in [0, 0.1) is 5.82 Å². The molecule has 0 saturated carbocycles. The molecule has 0 bridgehead atoms. The molecule has 33 heavy (non-hydrogen) atoms. The number of fused-ring (bicyclic) bond motifs is 1. The van der Waals surface area contributed by atoms with Gasteiger partial charge in [-0.1, -0.05) is 11.8 Å². The maximum Gasteiger partial charge on any atom is 0.586 e. The monoisotopic (exact) mass is 479 g/mol. The maximum absolute atomic E-state index is 13.4. The lowest BCUT2D eigenvalue weighted by Crippen LogP contribution is -2.25. The van der Waals surface area contributed by atoms with Crippen LogP contribution in [0.1, 0.15) is 18.8 Å². The molecule has 1 aliphatic heterocycles. The Balaban J connectivity index is 1.49. The summed E-state index contributed by atoms with van der Waals surface area (Å²) in [6.45, 7) is 1.95. The van der Waals surface area contributed by atoms with Gasteiger partial charge in [0.15, 0.2) is 22.5 Å². The smallest absolute Gasteiger partial charge is 0.395 e. The normalized spacial score (nSPS) is 15.0. The molecule has 8 nitrogen and oxygen atoms in total. The molecule has 2 aromatic carbocycles. The highest BCUT2D eigenvalue weighted by molar-refractivity contribution is 7.99. The summed E-state index contributed by atoms with van der Waals surface area (Å²) in [5.74, 6) is -0.428. The van der Waals surface area contributed by atoms with Crippen LogP contribution in [-0.4, -0.2) is 51.7 Å². The number of nitrogens with one attached hydrogen (secondary N) is 1. The largest absolute Gasteiger partial charge is 0.586 e. The first-order valence-corrected chi connectivity index (χ1v) is 10.8. The van der Waals surface area contributed by atoms with E-state index in [2.05, 4.69) is 25.0 Å². The van der Waals surface area contributed by atoms with Gasteiger partial charge in [0.25, 0.3) is 0 Å². The van der Waals surface area contributed by atoms with Crippen LogP contribution in [0.3, 0.4) is 0 Å². The molecule has 1 aliphatic rings. The van der Waals surface area contributed by atoms with Crippen LogP contribution >= 0.6 is 11.8 Å². The van der Waals surface area contributed by atoms with Crippen molar-refractivity contribution in [1.29, 1.82) is 0 Å². The van der Waals surface area contributed by atoms with Crippen molar-refractivity contribution >= 4 is 23.4 Å². The molecule has 1 aromatic heterocycles. The standard InChI is InChI=1S/C21H20F3N5O3S/c1-12(28(2)3)19-26-27-20(29(19)15-7-4-13(22)5-8-15)33-11-18(30)25-14-6-9-16-17(10-14)32-21(23,24)31-16/h4-10,12H,11H2,1-3H3,(H,25,30). The third-order valence-corrected chi connectivity index (χ3v) is 5.84. The van der Waals surface area contributed by atoms with Crippen LogP contribution in [0.15, 0.2) is 47.6 Å². The summed E-state index contributed by atoms with van der Waals surface area (Å²) < 4.78 is 50.3. The molecule has 12 heteroatoms. The Morgan fingerprint density at radius 1 is 1.15 bits per heavy atom. The highest BCUT2D eigenvalue weighted by Gasteiger charge is 2.43. The van der Waals surface area contributed by atoms with Crippen molar-refractivity contribution in [2.24, 2.45) is 0 Å². The quantitative estimate of drug-likeness (QED) is 0.512. The number of benzene rings is 2. The van der Waals surface area contributed by atoms with Gasteiger partial charge < -0.3 is 14.8 Å². The lowest BCUT2D eigenvalue weighted by molar-refractivity contribution is -0.286. The predicted molar refractivity (Wildman–Crippen MR) is 115 cm³/mol. The van der Waals surface area contributed by atoms with E-state index in [-0.39, 0.29) is 40.7 Å². The van der Waals surface area contributed by atoms with E-state index in [4.69, 9.17) is 0 Å². The summed E-state index contributed by atoms with van der Waals surface area (Å²) in [5.41, 5.74) is 0.937. The molecule has 1 atom stereocenters. The molecule has 0 saturated heterocycles. The molecule has 4 rings (SSSR count). The van der Waals surface area contributed by atoms with Crippen molar-refractivity contribution in [1.82, 2.24) is 19.7 Å². The Morgan fingerprint density at radius 3 is 2.55 bits per heavy atom. The van der Waals surface area contributed by atoms with Gasteiger partial charge in [0.05, 0.1) is 11.8 Å². The number of carbonyl (C=O) groups is 1. The van der Waals surface area contributed by atoms with Crippen molar-refractivity contribution in [2.75, 3.05) is 25.2 Å². The van der Waals surface area contributed by atoms with Crippen molar-refractivity contribution in [3.8, 4) is 17.2 Å². The average Bonchev–Trinajstić information content (AvgIpc) is 3.31. The van der Waals surface area contributed by atoms with Crippen LogP contribution < -0.4 is 14.8 Å². The second-order valence-electron chi connectivity index (χ2n) is 7.46. The fraction of sp³-hybridized carbons (Fsp3) is 0.286. The van der Waals surface area contributed by atoms with Gasteiger partial charge in [0.1, 0.15) is 5.82 Å².